The Hall–Kier alpha value is -1.47. The molecule has 0 saturated heterocycles. The van der Waals surface area contributed by atoms with E-state index in [4.69, 9.17) is 10.8 Å². The van der Waals surface area contributed by atoms with E-state index >= 15 is 0 Å². The molecule has 0 heterocycles. The molecule has 46 heavy (non-hydrogen) atoms. The second-order valence-electron chi connectivity index (χ2n) is 13.6. The first-order valence-corrected chi connectivity index (χ1v) is 19.6. The maximum Gasteiger partial charge on any atom is 0.330 e. The van der Waals surface area contributed by atoms with E-state index in [2.05, 4.69) is 32.4 Å². The molecule has 0 radical (unpaired) electrons. The Morgan fingerprint density at radius 3 is 1.24 bits per heavy atom. The van der Waals surface area contributed by atoms with Gasteiger partial charge in [0.25, 0.3) is 0 Å². The van der Waals surface area contributed by atoms with Gasteiger partial charge in [0.15, 0.2) is 0 Å². The summed E-state index contributed by atoms with van der Waals surface area (Å²) >= 11 is 0. The molecule has 0 aromatic rings. The first-order chi connectivity index (χ1) is 22.2. The van der Waals surface area contributed by atoms with E-state index in [1.54, 1.807) is 0 Å². The number of aliphatic hydroxyl groups is 1. The molecule has 0 aliphatic rings. The summed E-state index contributed by atoms with van der Waals surface area (Å²) in [4.78, 5) is 33.3. The van der Waals surface area contributed by atoms with Crippen LogP contribution in [0.1, 0.15) is 220 Å². The second kappa shape index (κ2) is 34.9. The van der Waals surface area contributed by atoms with Crippen molar-refractivity contribution in [3.8, 4) is 0 Å². The Bertz CT molecular complexity index is 686. The standard InChI is InChI=1S/C22H46O.C17H31NO5/c1-4-7-10-13-14-15-18-21-22(23,19-16-11-8-5-2)20-17-12-9-6-3;1-2-3-4-5-6-7-8-9-10-11-16(21)23-17(22)14(18)12-13-15(19)20/h23H,4-21H2,1-3H3;14H,2-13,18H2,1H3,(H,19,20). The summed E-state index contributed by atoms with van der Waals surface area (Å²) in [6, 6.07) is -1.06. The molecule has 0 aromatic heterocycles. The molecule has 0 spiro atoms. The summed E-state index contributed by atoms with van der Waals surface area (Å²) in [6.07, 6.45) is 33.0. The third-order valence-corrected chi connectivity index (χ3v) is 8.91. The smallest absolute Gasteiger partial charge is 0.330 e. The fourth-order valence-corrected chi connectivity index (χ4v) is 5.76. The van der Waals surface area contributed by atoms with Gasteiger partial charge < -0.3 is 20.7 Å². The number of nitrogens with two attached hydrogens (primary N) is 1. The lowest BCUT2D eigenvalue weighted by molar-refractivity contribution is -0.160. The Morgan fingerprint density at radius 1 is 0.543 bits per heavy atom. The number of hydrogen-bond acceptors (Lipinski definition) is 6. The summed E-state index contributed by atoms with van der Waals surface area (Å²) in [5, 5.41) is 19.5. The minimum absolute atomic E-state index is 0.0283. The Morgan fingerprint density at radius 2 is 0.870 bits per heavy atom. The number of carboxylic acids is 1. The average Bonchev–Trinajstić information content (AvgIpc) is 3.03. The minimum Gasteiger partial charge on any atom is -0.481 e. The fourth-order valence-electron chi connectivity index (χ4n) is 5.76. The molecule has 0 saturated carbocycles. The van der Waals surface area contributed by atoms with Gasteiger partial charge in [-0.25, -0.2) is 4.79 Å². The number of carboxylic acid groups (broad SMARTS) is 1. The van der Waals surface area contributed by atoms with Crippen LogP contribution in [0.15, 0.2) is 0 Å². The molecule has 0 aliphatic heterocycles. The van der Waals surface area contributed by atoms with Crippen molar-refractivity contribution in [2.75, 3.05) is 0 Å². The summed E-state index contributed by atoms with van der Waals surface area (Å²) in [6.45, 7) is 8.99. The highest BCUT2D eigenvalue weighted by Gasteiger charge is 2.25. The predicted molar refractivity (Wildman–Crippen MR) is 193 cm³/mol. The molecule has 0 aliphatic carbocycles. The molecular formula is C39H77NO6. The third kappa shape index (κ3) is 33.9. The fraction of sp³-hybridized carbons (Fsp3) is 0.923. The van der Waals surface area contributed by atoms with Crippen molar-refractivity contribution < 1.29 is 29.3 Å². The van der Waals surface area contributed by atoms with E-state index < -0.39 is 23.9 Å². The molecule has 1 unspecified atom stereocenters. The number of ether oxygens (including phenoxy) is 1. The highest BCUT2D eigenvalue weighted by molar-refractivity contribution is 5.88. The van der Waals surface area contributed by atoms with Crippen LogP contribution in [0.2, 0.25) is 0 Å². The number of carbonyl (C=O) groups is 3. The van der Waals surface area contributed by atoms with Gasteiger partial charge in [-0.15, -0.1) is 0 Å². The molecule has 0 bridgehead atoms. The number of carbonyl (C=O) groups excluding carboxylic acids is 2. The maximum absolute atomic E-state index is 11.5. The summed E-state index contributed by atoms with van der Waals surface area (Å²) < 4.78 is 4.62. The quantitative estimate of drug-likeness (QED) is 0.0374. The lowest BCUT2D eigenvalue weighted by Crippen LogP contribution is -2.34. The minimum atomic E-state index is -1.06. The highest BCUT2D eigenvalue weighted by atomic mass is 16.6. The summed E-state index contributed by atoms with van der Waals surface area (Å²) in [5.41, 5.74) is 5.11. The molecule has 1 atom stereocenters. The topological polar surface area (TPSA) is 127 Å². The molecule has 7 heteroatoms. The number of rotatable bonds is 32. The van der Waals surface area contributed by atoms with E-state index in [9.17, 15) is 19.5 Å². The van der Waals surface area contributed by atoms with Gasteiger partial charge in [-0.05, 0) is 32.1 Å². The largest absolute Gasteiger partial charge is 0.481 e. The van der Waals surface area contributed by atoms with Crippen LogP contribution in [0.25, 0.3) is 0 Å². The van der Waals surface area contributed by atoms with Crippen molar-refractivity contribution in [3.63, 3.8) is 0 Å². The molecule has 0 aromatic carbocycles. The van der Waals surface area contributed by atoms with Crippen molar-refractivity contribution in [1.29, 1.82) is 0 Å². The predicted octanol–water partition coefficient (Wildman–Crippen LogP) is 11.0. The van der Waals surface area contributed by atoms with Crippen LogP contribution in [0, 0.1) is 0 Å². The van der Waals surface area contributed by atoms with Gasteiger partial charge in [0.1, 0.15) is 6.04 Å². The SMILES string of the molecule is CCCCCCCCCC(O)(CCCCCC)CCCCCC.CCCCCCCCCCCC(=O)OC(=O)C(N)CCC(=O)O. The van der Waals surface area contributed by atoms with E-state index in [0.29, 0.717) is 6.42 Å². The summed E-state index contributed by atoms with van der Waals surface area (Å²) in [5.74, 6) is -2.45. The molecule has 4 N–H and O–H groups in total. The van der Waals surface area contributed by atoms with Crippen LogP contribution >= 0.6 is 0 Å². The van der Waals surface area contributed by atoms with Gasteiger partial charge in [0, 0.05) is 12.8 Å². The van der Waals surface area contributed by atoms with Crippen LogP contribution in [-0.4, -0.2) is 39.8 Å². The van der Waals surface area contributed by atoms with Crippen molar-refractivity contribution >= 4 is 17.9 Å². The Kier molecular flexibility index (Phi) is 35.3. The first kappa shape index (κ1) is 46.6. The number of unbranched alkanes of at least 4 members (excludes halogenated alkanes) is 20. The van der Waals surface area contributed by atoms with Crippen molar-refractivity contribution in [2.45, 2.75) is 232 Å². The van der Waals surface area contributed by atoms with Gasteiger partial charge >= 0.3 is 17.9 Å². The maximum atomic E-state index is 11.5. The number of hydrogen-bond donors (Lipinski definition) is 3. The van der Waals surface area contributed by atoms with E-state index in [-0.39, 0.29) is 24.9 Å². The van der Waals surface area contributed by atoms with Crippen LogP contribution in [0.3, 0.4) is 0 Å². The van der Waals surface area contributed by atoms with Crippen LogP contribution in [0.5, 0.6) is 0 Å². The van der Waals surface area contributed by atoms with E-state index in [1.165, 1.54) is 135 Å². The van der Waals surface area contributed by atoms with Gasteiger partial charge in [-0.2, -0.15) is 0 Å². The Labute approximate surface area is 284 Å². The van der Waals surface area contributed by atoms with Crippen molar-refractivity contribution in [2.24, 2.45) is 5.73 Å². The van der Waals surface area contributed by atoms with Gasteiger partial charge in [0.2, 0.25) is 0 Å². The second-order valence-corrected chi connectivity index (χ2v) is 13.6. The zero-order valence-corrected chi connectivity index (χ0v) is 30.9. The zero-order valence-electron chi connectivity index (χ0n) is 30.9. The lowest BCUT2D eigenvalue weighted by Gasteiger charge is -2.28. The van der Waals surface area contributed by atoms with Crippen LogP contribution in [-0.2, 0) is 19.1 Å². The van der Waals surface area contributed by atoms with Gasteiger partial charge in [-0.3, -0.25) is 9.59 Å². The molecule has 274 valence electrons. The van der Waals surface area contributed by atoms with Crippen molar-refractivity contribution in [1.82, 2.24) is 0 Å². The molecule has 7 nitrogen and oxygen atoms in total. The number of aliphatic carboxylic acids is 1. The highest BCUT2D eigenvalue weighted by Crippen LogP contribution is 2.29. The molecule has 0 rings (SSSR count). The zero-order chi connectivity index (χ0) is 34.7. The molecule has 0 fully saturated rings. The van der Waals surface area contributed by atoms with Crippen LogP contribution in [0.4, 0.5) is 0 Å². The number of esters is 2. The normalized spacial score (nSPS) is 12.0. The van der Waals surface area contributed by atoms with E-state index in [0.717, 1.165) is 32.1 Å². The third-order valence-electron chi connectivity index (χ3n) is 8.91. The monoisotopic (exact) mass is 656 g/mol. The summed E-state index contributed by atoms with van der Waals surface area (Å²) in [7, 11) is 0. The van der Waals surface area contributed by atoms with Gasteiger partial charge in [-0.1, -0.05) is 175 Å². The van der Waals surface area contributed by atoms with Crippen molar-refractivity contribution in [3.05, 3.63) is 0 Å². The van der Waals surface area contributed by atoms with E-state index in [1.807, 2.05) is 0 Å². The first-order valence-electron chi connectivity index (χ1n) is 19.6. The molecular weight excluding hydrogens is 578 g/mol. The van der Waals surface area contributed by atoms with Gasteiger partial charge in [0.05, 0.1) is 5.60 Å². The lowest BCUT2D eigenvalue weighted by atomic mass is 9.85. The van der Waals surface area contributed by atoms with Crippen LogP contribution < -0.4 is 5.73 Å². The molecule has 0 amide bonds. The average molecular weight is 656 g/mol. The Balaban J connectivity index is 0.